The Kier molecular flexibility index (Phi) is 6.83. The van der Waals surface area contributed by atoms with E-state index in [4.69, 9.17) is 0 Å². The maximum atomic E-state index is 12.7. The lowest BCUT2D eigenvalue weighted by atomic mass is 10.1. The molecule has 28 heavy (non-hydrogen) atoms. The number of nitrogens with zero attached hydrogens (tertiary/aromatic N) is 2. The molecule has 0 unspecified atom stereocenters. The molecular formula is C21H27N3O3S. The summed E-state index contributed by atoms with van der Waals surface area (Å²) >= 11 is 0. The molecular weight excluding hydrogens is 374 g/mol. The molecule has 2 aromatic rings. The van der Waals surface area contributed by atoms with E-state index in [0.29, 0.717) is 37.4 Å². The number of carbonyl (C=O) groups excluding carboxylic acids is 1. The number of amides is 1. The largest absolute Gasteiger partial charge is 0.352 e. The predicted octanol–water partition coefficient (Wildman–Crippen LogP) is 1.87. The van der Waals surface area contributed by atoms with Gasteiger partial charge in [-0.05, 0) is 36.7 Å². The van der Waals surface area contributed by atoms with Crippen molar-refractivity contribution < 1.29 is 13.2 Å². The summed E-state index contributed by atoms with van der Waals surface area (Å²) in [6, 6.07) is 16.7. The molecule has 1 N–H and O–H groups in total. The predicted molar refractivity (Wildman–Crippen MR) is 109 cm³/mol. The van der Waals surface area contributed by atoms with E-state index in [0.717, 1.165) is 24.2 Å². The molecule has 0 spiro atoms. The van der Waals surface area contributed by atoms with Crippen molar-refractivity contribution in [2.75, 3.05) is 33.2 Å². The van der Waals surface area contributed by atoms with Gasteiger partial charge in [-0.2, -0.15) is 4.31 Å². The molecule has 3 rings (SSSR count). The van der Waals surface area contributed by atoms with E-state index in [1.807, 2.05) is 37.4 Å². The summed E-state index contributed by atoms with van der Waals surface area (Å²) < 4.78 is 27.0. The van der Waals surface area contributed by atoms with Crippen LogP contribution < -0.4 is 5.32 Å². The summed E-state index contributed by atoms with van der Waals surface area (Å²) in [7, 11) is -1.46. The second-order valence-corrected chi connectivity index (χ2v) is 9.05. The number of sulfonamides is 1. The van der Waals surface area contributed by atoms with Gasteiger partial charge in [0.15, 0.2) is 0 Å². The third-order valence-corrected chi connectivity index (χ3v) is 6.91. The molecule has 0 aromatic heterocycles. The Morgan fingerprint density at radius 2 is 1.57 bits per heavy atom. The van der Waals surface area contributed by atoms with Gasteiger partial charge in [-0.3, -0.25) is 4.79 Å². The third kappa shape index (κ3) is 5.41. The average molecular weight is 402 g/mol. The molecule has 1 saturated heterocycles. The van der Waals surface area contributed by atoms with Gasteiger partial charge in [-0.25, -0.2) is 8.42 Å². The lowest BCUT2D eigenvalue weighted by Crippen LogP contribution is -2.47. The van der Waals surface area contributed by atoms with Gasteiger partial charge in [0.05, 0.1) is 4.90 Å². The Labute approximate surface area is 167 Å². The lowest BCUT2D eigenvalue weighted by Gasteiger charge is -2.31. The zero-order chi connectivity index (χ0) is 20.0. The first kappa shape index (κ1) is 20.5. The summed E-state index contributed by atoms with van der Waals surface area (Å²) in [6.45, 7) is 2.90. The van der Waals surface area contributed by atoms with Crippen LogP contribution in [0.4, 0.5) is 0 Å². The highest BCUT2D eigenvalue weighted by Crippen LogP contribution is 2.18. The molecule has 1 fully saturated rings. The van der Waals surface area contributed by atoms with Crippen molar-refractivity contribution in [2.24, 2.45) is 0 Å². The van der Waals surface area contributed by atoms with Gasteiger partial charge in [0.25, 0.3) is 0 Å². The van der Waals surface area contributed by atoms with Crippen LogP contribution in [0.15, 0.2) is 59.5 Å². The lowest BCUT2D eigenvalue weighted by molar-refractivity contribution is -0.121. The minimum absolute atomic E-state index is 0.0158. The summed E-state index contributed by atoms with van der Waals surface area (Å²) in [5.74, 6) is -0.0158. The van der Waals surface area contributed by atoms with Gasteiger partial charge in [0, 0.05) is 39.1 Å². The van der Waals surface area contributed by atoms with Crippen LogP contribution in [-0.4, -0.2) is 56.8 Å². The van der Waals surface area contributed by atoms with Gasteiger partial charge >= 0.3 is 0 Å². The molecule has 0 aliphatic carbocycles. The van der Waals surface area contributed by atoms with E-state index in [2.05, 4.69) is 10.2 Å². The van der Waals surface area contributed by atoms with Crippen molar-refractivity contribution in [3.63, 3.8) is 0 Å². The van der Waals surface area contributed by atoms with E-state index in [9.17, 15) is 13.2 Å². The number of benzene rings is 2. The van der Waals surface area contributed by atoms with Crippen LogP contribution in [0.3, 0.4) is 0 Å². The first-order chi connectivity index (χ1) is 13.4. The van der Waals surface area contributed by atoms with Gasteiger partial charge in [-0.15, -0.1) is 0 Å². The molecule has 0 bridgehead atoms. The Bertz CT molecular complexity index is 875. The second-order valence-electron chi connectivity index (χ2n) is 7.11. The van der Waals surface area contributed by atoms with Gasteiger partial charge < -0.3 is 10.2 Å². The summed E-state index contributed by atoms with van der Waals surface area (Å²) in [4.78, 5) is 14.5. The fraction of sp³-hybridized carbons (Fsp3) is 0.381. The van der Waals surface area contributed by atoms with E-state index in [1.54, 1.807) is 24.3 Å². The maximum Gasteiger partial charge on any atom is 0.243 e. The quantitative estimate of drug-likeness (QED) is 0.769. The molecule has 0 saturated carbocycles. The maximum absolute atomic E-state index is 12.7. The van der Waals surface area contributed by atoms with Crippen molar-refractivity contribution in [1.82, 2.24) is 14.5 Å². The fourth-order valence-corrected chi connectivity index (χ4v) is 4.57. The molecule has 6 nitrogen and oxygen atoms in total. The zero-order valence-electron chi connectivity index (χ0n) is 16.2. The SMILES string of the molecule is CN1CCN(S(=O)(=O)c2ccc(CNC(=O)CCc3ccccc3)cc2)CC1. The van der Waals surface area contributed by atoms with Crippen LogP contribution >= 0.6 is 0 Å². The minimum atomic E-state index is -3.45. The number of hydrogen-bond acceptors (Lipinski definition) is 4. The Balaban J connectivity index is 1.50. The van der Waals surface area contributed by atoms with E-state index in [1.165, 1.54) is 4.31 Å². The van der Waals surface area contributed by atoms with Crippen LogP contribution in [0.5, 0.6) is 0 Å². The standard InChI is InChI=1S/C21H27N3O3S/c1-23-13-15-24(16-14-23)28(26,27)20-10-7-19(8-11-20)17-22-21(25)12-9-18-5-3-2-4-6-18/h2-8,10-11H,9,12-17H2,1H3,(H,22,25). The number of likely N-dealkylation sites (N-methyl/N-ethyl adjacent to an activating group) is 1. The Morgan fingerprint density at radius 1 is 0.929 bits per heavy atom. The van der Waals surface area contributed by atoms with Crippen LogP contribution in [0.25, 0.3) is 0 Å². The smallest absolute Gasteiger partial charge is 0.243 e. The first-order valence-electron chi connectivity index (χ1n) is 9.53. The van der Waals surface area contributed by atoms with E-state index in [-0.39, 0.29) is 5.91 Å². The highest BCUT2D eigenvalue weighted by molar-refractivity contribution is 7.89. The summed E-state index contributed by atoms with van der Waals surface area (Å²) in [5, 5.41) is 2.89. The fourth-order valence-electron chi connectivity index (χ4n) is 3.15. The van der Waals surface area contributed by atoms with Crippen molar-refractivity contribution in [3.05, 3.63) is 65.7 Å². The molecule has 1 aliphatic heterocycles. The number of aryl methyl sites for hydroxylation is 1. The van der Waals surface area contributed by atoms with Gasteiger partial charge in [-0.1, -0.05) is 42.5 Å². The molecule has 1 amide bonds. The Morgan fingerprint density at radius 3 is 2.21 bits per heavy atom. The van der Waals surface area contributed by atoms with Crippen molar-refractivity contribution >= 4 is 15.9 Å². The second kappa shape index (κ2) is 9.32. The van der Waals surface area contributed by atoms with E-state index < -0.39 is 10.0 Å². The van der Waals surface area contributed by atoms with Gasteiger partial charge in [0.1, 0.15) is 0 Å². The molecule has 1 aliphatic rings. The molecule has 7 heteroatoms. The number of nitrogens with one attached hydrogen (secondary N) is 1. The molecule has 1 heterocycles. The van der Waals surface area contributed by atoms with Gasteiger partial charge in [0.2, 0.25) is 15.9 Å². The average Bonchev–Trinajstić information content (AvgIpc) is 2.72. The third-order valence-electron chi connectivity index (χ3n) is 5.00. The molecule has 150 valence electrons. The van der Waals surface area contributed by atoms with Crippen molar-refractivity contribution in [3.8, 4) is 0 Å². The molecule has 2 aromatic carbocycles. The number of piperazine rings is 1. The monoisotopic (exact) mass is 401 g/mol. The molecule has 0 atom stereocenters. The van der Waals surface area contributed by atoms with Crippen LogP contribution in [0.2, 0.25) is 0 Å². The topological polar surface area (TPSA) is 69.7 Å². The van der Waals surface area contributed by atoms with Crippen molar-refractivity contribution in [1.29, 1.82) is 0 Å². The number of hydrogen-bond donors (Lipinski definition) is 1. The Hall–Kier alpha value is -2.22. The zero-order valence-corrected chi connectivity index (χ0v) is 17.0. The number of carbonyl (C=O) groups is 1. The summed E-state index contributed by atoms with van der Waals surface area (Å²) in [5.41, 5.74) is 2.02. The highest BCUT2D eigenvalue weighted by Gasteiger charge is 2.27. The highest BCUT2D eigenvalue weighted by atomic mass is 32.2. The molecule has 0 radical (unpaired) electrons. The van der Waals surface area contributed by atoms with Crippen LogP contribution in [-0.2, 0) is 27.8 Å². The summed E-state index contributed by atoms with van der Waals surface area (Å²) in [6.07, 6.45) is 1.13. The number of rotatable bonds is 7. The van der Waals surface area contributed by atoms with Crippen molar-refractivity contribution in [2.45, 2.75) is 24.3 Å². The minimum Gasteiger partial charge on any atom is -0.352 e. The van der Waals surface area contributed by atoms with E-state index >= 15 is 0 Å². The van der Waals surface area contributed by atoms with Crippen LogP contribution in [0, 0.1) is 0 Å². The van der Waals surface area contributed by atoms with Crippen LogP contribution in [0.1, 0.15) is 17.5 Å². The first-order valence-corrected chi connectivity index (χ1v) is 11.0. The normalized spacial score (nSPS) is 16.0.